The van der Waals surface area contributed by atoms with Gasteiger partial charge in [-0.1, -0.05) is 27.7 Å². The summed E-state index contributed by atoms with van der Waals surface area (Å²) in [4.78, 5) is 0. The molecule has 2 nitrogen and oxygen atoms in total. The molecule has 0 aliphatic rings. The lowest BCUT2D eigenvalue weighted by atomic mass is 9.75. The summed E-state index contributed by atoms with van der Waals surface area (Å²) in [5, 5.41) is 0. The maximum atomic E-state index is 5.70. The van der Waals surface area contributed by atoms with Gasteiger partial charge in [-0.25, -0.2) is 0 Å². The van der Waals surface area contributed by atoms with Crippen LogP contribution in [-0.4, -0.2) is 19.8 Å². The molecule has 80 valence electrons. The molecule has 13 heavy (non-hydrogen) atoms. The molecule has 2 heteroatoms. The van der Waals surface area contributed by atoms with Crippen molar-refractivity contribution >= 4 is 0 Å². The van der Waals surface area contributed by atoms with Gasteiger partial charge in [-0.15, -0.1) is 0 Å². The largest absolute Gasteiger partial charge is 0.381 e. The highest BCUT2D eigenvalue weighted by atomic mass is 16.5. The zero-order chi connectivity index (χ0) is 10.5. The SMILES string of the molecule is CCOCC(C)(C)CC(C)(C)CN. The van der Waals surface area contributed by atoms with Crippen molar-refractivity contribution in [2.45, 2.75) is 41.0 Å². The summed E-state index contributed by atoms with van der Waals surface area (Å²) in [6.45, 7) is 13.3. The van der Waals surface area contributed by atoms with Crippen molar-refractivity contribution in [2.75, 3.05) is 19.8 Å². The van der Waals surface area contributed by atoms with E-state index in [0.717, 1.165) is 26.2 Å². The predicted molar refractivity (Wildman–Crippen MR) is 57.7 cm³/mol. The van der Waals surface area contributed by atoms with E-state index < -0.39 is 0 Å². The van der Waals surface area contributed by atoms with Gasteiger partial charge >= 0.3 is 0 Å². The van der Waals surface area contributed by atoms with E-state index in [2.05, 4.69) is 27.7 Å². The average Bonchev–Trinajstić information content (AvgIpc) is 1.99. The van der Waals surface area contributed by atoms with Crippen LogP contribution in [0.25, 0.3) is 0 Å². The summed E-state index contributed by atoms with van der Waals surface area (Å²) in [7, 11) is 0. The number of hydrogen-bond acceptors (Lipinski definition) is 2. The second-order valence-corrected chi connectivity index (χ2v) is 5.35. The first-order chi connectivity index (χ1) is 5.83. The number of ether oxygens (including phenoxy) is 1. The lowest BCUT2D eigenvalue weighted by Gasteiger charge is -2.33. The van der Waals surface area contributed by atoms with E-state index in [0.29, 0.717) is 0 Å². The van der Waals surface area contributed by atoms with E-state index in [9.17, 15) is 0 Å². The summed E-state index contributed by atoms with van der Waals surface area (Å²) < 4.78 is 5.45. The molecular formula is C11H25NO. The first kappa shape index (κ1) is 12.9. The first-order valence-corrected chi connectivity index (χ1v) is 5.11. The van der Waals surface area contributed by atoms with Gasteiger partial charge in [-0.3, -0.25) is 0 Å². The van der Waals surface area contributed by atoms with Crippen LogP contribution in [0.4, 0.5) is 0 Å². The molecule has 0 amide bonds. The van der Waals surface area contributed by atoms with Crippen LogP contribution in [0.3, 0.4) is 0 Å². The van der Waals surface area contributed by atoms with Gasteiger partial charge in [0.2, 0.25) is 0 Å². The summed E-state index contributed by atoms with van der Waals surface area (Å²) in [6, 6.07) is 0. The van der Waals surface area contributed by atoms with E-state index in [1.54, 1.807) is 0 Å². The maximum Gasteiger partial charge on any atom is 0.0517 e. The van der Waals surface area contributed by atoms with Crippen molar-refractivity contribution in [3.63, 3.8) is 0 Å². The van der Waals surface area contributed by atoms with Crippen LogP contribution in [0.2, 0.25) is 0 Å². The Labute approximate surface area is 82.8 Å². The zero-order valence-electron chi connectivity index (χ0n) is 9.81. The molecule has 0 aliphatic carbocycles. The molecule has 2 N–H and O–H groups in total. The van der Waals surface area contributed by atoms with Gasteiger partial charge in [0.05, 0.1) is 6.61 Å². The third-order valence-corrected chi connectivity index (χ3v) is 2.21. The molecular weight excluding hydrogens is 162 g/mol. The Bertz CT molecular complexity index is 141. The van der Waals surface area contributed by atoms with Crippen LogP contribution in [0.1, 0.15) is 41.0 Å². The molecule has 0 fully saturated rings. The van der Waals surface area contributed by atoms with Gasteiger partial charge < -0.3 is 10.5 Å². The highest BCUT2D eigenvalue weighted by Crippen LogP contribution is 2.32. The van der Waals surface area contributed by atoms with Crippen molar-refractivity contribution in [2.24, 2.45) is 16.6 Å². The molecule has 0 aliphatic heterocycles. The molecule has 0 atom stereocenters. The lowest BCUT2D eigenvalue weighted by molar-refractivity contribution is 0.0447. The van der Waals surface area contributed by atoms with Crippen molar-refractivity contribution in [1.29, 1.82) is 0 Å². The van der Waals surface area contributed by atoms with Gasteiger partial charge in [-0.05, 0) is 30.7 Å². The lowest BCUT2D eigenvalue weighted by Crippen LogP contribution is -2.32. The van der Waals surface area contributed by atoms with Gasteiger partial charge in [-0.2, -0.15) is 0 Å². The molecule has 0 heterocycles. The molecule has 0 saturated carbocycles. The molecule has 0 radical (unpaired) electrons. The van der Waals surface area contributed by atoms with Crippen molar-refractivity contribution in [3.8, 4) is 0 Å². The quantitative estimate of drug-likeness (QED) is 0.693. The molecule has 0 unspecified atom stereocenters. The van der Waals surface area contributed by atoms with Crippen LogP contribution in [0.5, 0.6) is 0 Å². The standard InChI is InChI=1S/C11H25NO/c1-6-13-9-11(4,5)7-10(2,3)8-12/h6-9,12H2,1-5H3. The van der Waals surface area contributed by atoms with E-state index in [1.165, 1.54) is 0 Å². The van der Waals surface area contributed by atoms with Crippen molar-refractivity contribution in [1.82, 2.24) is 0 Å². The summed E-state index contributed by atoms with van der Waals surface area (Å²) in [5.41, 5.74) is 6.16. The second-order valence-electron chi connectivity index (χ2n) is 5.35. The van der Waals surface area contributed by atoms with E-state index >= 15 is 0 Å². The van der Waals surface area contributed by atoms with Crippen LogP contribution in [0.15, 0.2) is 0 Å². The fraction of sp³-hybridized carbons (Fsp3) is 1.00. The Morgan fingerprint density at radius 2 is 1.62 bits per heavy atom. The molecule has 0 spiro atoms. The van der Waals surface area contributed by atoms with E-state index in [1.807, 2.05) is 6.92 Å². The topological polar surface area (TPSA) is 35.2 Å². The Morgan fingerprint density at radius 3 is 2.00 bits per heavy atom. The van der Waals surface area contributed by atoms with Gasteiger partial charge in [0.15, 0.2) is 0 Å². The molecule has 0 rings (SSSR count). The Hall–Kier alpha value is -0.0800. The normalized spacial score (nSPS) is 13.4. The molecule has 0 aromatic carbocycles. The molecule has 0 aromatic rings. The molecule has 0 bridgehead atoms. The van der Waals surface area contributed by atoms with Crippen LogP contribution >= 0.6 is 0 Å². The highest BCUT2D eigenvalue weighted by molar-refractivity contribution is 4.79. The first-order valence-electron chi connectivity index (χ1n) is 5.11. The van der Waals surface area contributed by atoms with Gasteiger partial charge in [0, 0.05) is 6.61 Å². The van der Waals surface area contributed by atoms with Crippen molar-refractivity contribution < 1.29 is 4.74 Å². The van der Waals surface area contributed by atoms with Crippen LogP contribution in [0, 0.1) is 10.8 Å². The number of hydrogen-bond donors (Lipinski definition) is 1. The molecule has 0 saturated heterocycles. The Balaban J connectivity index is 4.00. The minimum absolute atomic E-state index is 0.223. The average molecular weight is 187 g/mol. The van der Waals surface area contributed by atoms with E-state index in [-0.39, 0.29) is 10.8 Å². The third kappa shape index (κ3) is 6.05. The van der Waals surface area contributed by atoms with Crippen LogP contribution in [-0.2, 0) is 4.74 Å². The Morgan fingerprint density at radius 1 is 1.08 bits per heavy atom. The summed E-state index contributed by atoms with van der Waals surface area (Å²) in [6.07, 6.45) is 1.11. The minimum Gasteiger partial charge on any atom is -0.381 e. The monoisotopic (exact) mass is 187 g/mol. The van der Waals surface area contributed by atoms with E-state index in [4.69, 9.17) is 10.5 Å². The predicted octanol–water partition coefficient (Wildman–Crippen LogP) is 2.42. The Kier molecular flexibility index (Phi) is 4.93. The third-order valence-electron chi connectivity index (χ3n) is 2.21. The minimum atomic E-state index is 0.223. The fourth-order valence-corrected chi connectivity index (χ4v) is 1.80. The maximum absolute atomic E-state index is 5.70. The van der Waals surface area contributed by atoms with Gasteiger partial charge in [0.25, 0.3) is 0 Å². The van der Waals surface area contributed by atoms with Gasteiger partial charge in [0.1, 0.15) is 0 Å². The van der Waals surface area contributed by atoms with Crippen LogP contribution < -0.4 is 5.73 Å². The zero-order valence-corrected chi connectivity index (χ0v) is 9.81. The smallest absolute Gasteiger partial charge is 0.0517 e. The highest BCUT2D eigenvalue weighted by Gasteiger charge is 2.27. The number of rotatable bonds is 6. The number of nitrogens with two attached hydrogens (primary N) is 1. The summed E-state index contributed by atoms with van der Waals surface area (Å²) >= 11 is 0. The fourth-order valence-electron chi connectivity index (χ4n) is 1.80. The summed E-state index contributed by atoms with van der Waals surface area (Å²) in [5.74, 6) is 0. The van der Waals surface area contributed by atoms with Crippen molar-refractivity contribution in [3.05, 3.63) is 0 Å². The second kappa shape index (κ2) is 4.97. The molecule has 0 aromatic heterocycles.